The number of halogens is 1. The topological polar surface area (TPSA) is 76.5 Å². The molecule has 4 rings (SSSR count). The summed E-state index contributed by atoms with van der Waals surface area (Å²) in [5.41, 5.74) is 1.74. The molecule has 7 nitrogen and oxygen atoms in total. The lowest BCUT2D eigenvalue weighted by molar-refractivity contribution is 0.0893. The molecule has 1 fully saturated rings. The van der Waals surface area contributed by atoms with Crippen LogP contribution in [0.3, 0.4) is 0 Å². The molecule has 10 heteroatoms. The Bertz CT molecular complexity index is 1280. The molecule has 0 unspecified atom stereocenters. The number of thiocarbonyl (C=S) groups is 1. The summed E-state index contributed by atoms with van der Waals surface area (Å²) < 4.78 is 48.7. The fraction of sp³-hybridized carbons (Fsp3) is 0.385. The summed E-state index contributed by atoms with van der Waals surface area (Å²) in [6.45, 7) is 4.65. The predicted molar refractivity (Wildman–Crippen MR) is 141 cm³/mol. The van der Waals surface area contributed by atoms with Gasteiger partial charge in [0.1, 0.15) is 5.82 Å². The van der Waals surface area contributed by atoms with E-state index in [-0.39, 0.29) is 16.8 Å². The maximum Gasteiger partial charge on any atom is 0.228 e. The van der Waals surface area contributed by atoms with Crippen LogP contribution in [-0.4, -0.2) is 53.8 Å². The molecule has 0 spiro atoms. The first-order chi connectivity index (χ1) is 17.4. The number of rotatable bonds is 10. The van der Waals surface area contributed by atoms with Gasteiger partial charge in [-0.2, -0.15) is 0 Å². The van der Waals surface area contributed by atoms with Gasteiger partial charge in [0.15, 0.2) is 5.11 Å². The summed E-state index contributed by atoms with van der Waals surface area (Å²) in [4.78, 5) is 6.33. The van der Waals surface area contributed by atoms with Crippen LogP contribution >= 0.6 is 12.2 Å². The minimum absolute atomic E-state index is 0.0661. The van der Waals surface area contributed by atoms with E-state index >= 15 is 0 Å². The van der Waals surface area contributed by atoms with Crippen molar-refractivity contribution in [2.45, 2.75) is 49.9 Å². The van der Waals surface area contributed by atoms with Gasteiger partial charge in [0, 0.05) is 25.3 Å². The third-order valence-corrected chi connectivity index (χ3v) is 8.06. The molecule has 3 aromatic rings. The van der Waals surface area contributed by atoms with Crippen molar-refractivity contribution in [2.24, 2.45) is 0 Å². The molecule has 1 aromatic heterocycles. The van der Waals surface area contributed by atoms with Crippen molar-refractivity contribution in [3.8, 4) is 0 Å². The van der Waals surface area contributed by atoms with Crippen molar-refractivity contribution in [1.82, 2.24) is 19.8 Å². The molecule has 0 radical (unpaired) electrons. The molecular weight excluding hydrogens is 499 g/mol. The Morgan fingerprint density at radius 2 is 1.97 bits per heavy atom. The lowest BCUT2D eigenvalue weighted by atomic mass is 10.2. The van der Waals surface area contributed by atoms with E-state index in [2.05, 4.69) is 10.3 Å². The maximum atomic E-state index is 14.3. The summed E-state index contributed by atoms with van der Waals surface area (Å²) >= 11 is 5.63. The van der Waals surface area contributed by atoms with Crippen LogP contribution in [0.5, 0.6) is 0 Å². The molecule has 192 valence electrons. The van der Waals surface area contributed by atoms with Crippen LogP contribution in [0, 0.1) is 5.82 Å². The quantitative estimate of drug-likeness (QED) is 0.398. The molecule has 0 saturated carbocycles. The molecule has 0 bridgehead atoms. The van der Waals surface area contributed by atoms with E-state index in [9.17, 15) is 12.8 Å². The highest BCUT2D eigenvalue weighted by Crippen LogP contribution is 2.22. The van der Waals surface area contributed by atoms with Crippen LogP contribution in [0.4, 0.5) is 4.39 Å². The average molecular weight is 531 g/mol. The second kappa shape index (κ2) is 11.9. The molecule has 0 aliphatic carbocycles. The van der Waals surface area contributed by atoms with Crippen molar-refractivity contribution in [3.05, 3.63) is 83.4 Å². The van der Waals surface area contributed by atoms with Crippen LogP contribution < -0.4 is 5.32 Å². The lowest BCUT2D eigenvalue weighted by Gasteiger charge is -2.28. The maximum absolute atomic E-state index is 14.3. The minimum atomic E-state index is -3.93. The van der Waals surface area contributed by atoms with Crippen LogP contribution in [0.2, 0.25) is 0 Å². The second-order valence-electron chi connectivity index (χ2n) is 8.81. The first-order valence-electron chi connectivity index (χ1n) is 12.1. The Labute approximate surface area is 217 Å². The molecule has 1 aliphatic rings. The van der Waals surface area contributed by atoms with Crippen molar-refractivity contribution < 1.29 is 17.5 Å². The van der Waals surface area contributed by atoms with E-state index in [1.807, 2.05) is 42.2 Å². The number of nitrogens with one attached hydrogen (secondary N) is 1. The van der Waals surface area contributed by atoms with Gasteiger partial charge in [0.25, 0.3) is 0 Å². The van der Waals surface area contributed by atoms with Gasteiger partial charge in [-0.1, -0.05) is 48.5 Å². The van der Waals surface area contributed by atoms with Crippen molar-refractivity contribution >= 4 is 27.2 Å². The summed E-state index contributed by atoms with van der Waals surface area (Å²) in [5.74, 6) is -1.03. The minimum Gasteiger partial charge on any atom is -0.376 e. The SMILES string of the molecule is CCNC(=S)N(Cc1cnc(S(=O)(=O)Cc2ccccc2F)n1Cc1ccccc1)C[C@H]1CCCO1. The molecular formula is C26H31FN4O3S2. The molecule has 1 atom stereocenters. The number of imidazole rings is 1. The third-order valence-electron chi connectivity index (χ3n) is 6.08. The van der Waals surface area contributed by atoms with Crippen LogP contribution in [-0.2, 0) is 33.4 Å². The Morgan fingerprint density at radius 1 is 1.22 bits per heavy atom. The van der Waals surface area contributed by atoms with Gasteiger partial charge in [0.05, 0.1) is 36.8 Å². The molecule has 2 heterocycles. The van der Waals surface area contributed by atoms with E-state index in [1.165, 1.54) is 18.2 Å². The lowest BCUT2D eigenvalue weighted by Crippen LogP contribution is -2.43. The third kappa shape index (κ3) is 6.48. The van der Waals surface area contributed by atoms with Crippen molar-refractivity contribution in [3.63, 3.8) is 0 Å². The number of ether oxygens (including phenoxy) is 1. The monoisotopic (exact) mass is 530 g/mol. The van der Waals surface area contributed by atoms with Crippen LogP contribution in [0.25, 0.3) is 0 Å². The first kappa shape index (κ1) is 26.2. The smallest absolute Gasteiger partial charge is 0.228 e. The largest absolute Gasteiger partial charge is 0.376 e. The van der Waals surface area contributed by atoms with Gasteiger partial charge in [-0.3, -0.25) is 0 Å². The molecule has 2 aromatic carbocycles. The van der Waals surface area contributed by atoms with E-state index in [0.717, 1.165) is 25.0 Å². The van der Waals surface area contributed by atoms with E-state index in [0.29, 0.717) is 37.0 Å². The zero-order valence-corrected chi connectivity index (χ0v) is 21.9. The molecule has 1 aliphatic heterocycles. The normalized spacial score (nSPS) is 15.7. The summed E-state index contributed by atoms with van der Waals surface area (Å²) in [7, 11) is -3.93. The molecule has 36 heavy (non-hydrogen) atoms. The van der Waals surface area contributed by atoms with E-state index < -0.39 is 21.4 Å². The highest BCUT2D eigenvalue weighted by molar-refractivity contribution is 7.90. The zero-order chi connectivity index (χ0) is 25.5. The Morgan fingerprint density at radius 3 is 2.67 bits per heavy atom. The van der Waals surface area contributed by atoms with E-state index in [4.69, 9.17) is 17.0 Å². The van der Waals surface area contributed by atoms with Crippen LogP contribution in [0.15, 0.2) is 66.0 Å². The Hall–Kier alpha value is -2.82. The van der Waals surface area contributed by atoms with Gasteiger partial charge in [-0.25, -0.2) is 17.8 Å². The molecule has 1 saturated heterocycles. The Kier molecular flexibility index (Phi) is 8.71. The Balaban J connectivity index is 1.68. The zero-order valence-electron chi connectivity index (χ0n) is 20.3. The average Bonchev–Trinajstić information content (AvgIpc) is 3.51. The number of benzene rings is 2. The number of hydrogen-bond donors (Lipinski definition) is 1. The van der Waals surface area contributed by atoms with Gasteiger partial charge in [-0.05, 0) is 43.6 Å². The number of sulfone groups is 1. The highest BCUT2D eigenvalue weighted by atomic mass is 32.2. The highest BCUT2D eigenvalue weighted by Gasteiger charge is 2.27. The van der Waals surface area contributed by atoms with Crippen molar-refractivity contribution in [2.75, 3.05) is 19.7 Å². The molecule has 0 amide bonds. The summed E-state index contributed by atoms with van der Waals surface area (Å²) in [5, 5.41) is 3.69. The number of nitrogens with zero attached hydrogens (tertiary/aromatic N) is 3. The summed E-state index contributed by atoms with van der Waals surface area (Å²) in [6, 6.07) is 15.5. The predicted octanol–water partition coefficient (Wildman–Crippen LogP) is 3.92. The van der Waals surface area contributed by atoms with Crippen LogP contribution in [0.1, 0.15) is 36.6 Å². The fourth-order valence-electron chi connectivity index (χ4n) is 4.30. The van der Waals surface area contributed by atoms with Gasteiger partial charge in [0.2, 0.25) is 15.0 Å². The van der Waals surface area contributed by atoms with Gasteiger partial charge >= 0.3 is 0 Å². The second-order valence-corrected chi connectivity index (χ2v) is 11.1. The van der Waals surface area contributed by atoms with E-state index in [1.54, 1.807) is 16.8 Å². The number of aromatic nitrogens is 2. The van der Waals surface area contributed by atoms with Gasteiger partial charge < -0.3 is 19.5 Å². The van der Waals surface area contributed by atoms with Gasteiger partial charge in [-0.15, -0.1) is 0 Å². The fourth-order valence-corrected chi connectivity index (χ4v) is 6.09. The molecule has 1 N–H and O–H groups in total. The standard InChI is InChI=1S/C26H31FN4O3S2/c1-2-28-25(35)30(18-23-12-8-14-34-23)17-22-15-29-26(31(22)16-20-9-4-3-5-10-20)36(32,33)19-21-11-6-7-13-24(21)27/h3-7,9-11,13,15,23H,2,8,12,14,16-19H2,1H3,(H,28,35)/t23-/m1/s1. The first-order valence-corrected chi connectivity index (χ1v) is 14.1. The summed E-state index contributed by atoms with van der Waals surface area (Å²) in [6.07, 6.45) is 3.61. The van der Waals surface area contributed by atoms with Crippen molar-refractivity contribution in [1.29, 1.82) is 0 Å². The number of hydrogen-bond acceptors (Lipinski definition) is 5.